The van der Waals surface area contributed by atoms with Crippen molar-refractivity contribution in [3.05, 3.63) is 58.4 Å². The van der Waals surface area contributed by atoms with Crippen LogP contribution in [0.1, 0.15) is 60.3 Å². The molecule has 3 nitrogen and oxygen atoms in total. The van der Waals surface area contributed by atoms with Crippen molar-refractivity contribution in [1.29, 1.82) is 5.26 Å². The van der Waals surface area contributed by atoms with E-state index in [2.05, 4.69) is 24.0 Å². The number of nitriles is 1. The predicted molar refractivity (Wildman–Crippen MR) is 108 cm³/mol. The maximum absolute atomic E-state index is 14.3. The highest BCUT2D eigenvalue weighted by Gasteiger charge is 2.44. The van der Waals surface area contributed by atoms with Crippen molar-refractivity contribution in [2.45, 2.75) is 69.6 Å². The van der Waals surface area contributed by atoms with E-state index < -0.39 is 5.82 Å². The molecule has 3 fully saturated rings. The third-order valence-corrected chi connectivity index (χ3v) is 6.88. The van der Waals surface area contributed by atoms with Crippen LogP contribution in [0.25, 0.3) is 11.1 Å². The van der Waals surface area contributed by atoms with Crippen LogP contribution < -0.4 is 5.73 Å². The van der Waals surface area contributed by atoms with Gasteiger partial charge in [0.1, 0.15) is 11.9 Å². The summed E-state index contributed by atoms with van der Waals surface area (Å²) >= 11 is 0. The molecule has 0 aromatic heterocycles. The molecular weight excluding hydrogens is 349 g/mol. The van der Waals surface area contributed by atoms with E-state index in [1.165, 1.54) is 48.4 Å². The summed E-state index contributed by atoms with van der Waals surface area (Å²) < 4.78 is 14.3. The maximum Gasteiger partial charge on any atom is 0.141 e. The molecule has 4 heteroatoms. The molecule has 1 aliphatic carbocycles. The van der Waals surface area contributed by atoms with Crippen LogP contribution in [-0.4, -0.2) is 23.0 Å². The molecule has 2 saturated heterocycles. The van der Waals surface area contributed by atoms with E-state index in [-0.39, 0.29) is 5.56 Å². The number of rotatable bonds is 4. The van der Waals surface area contributed by atoms with Gasteiger partial charge < -0.3 is 5.73 Å². The Hall–Kier alpha value is -2.22. The molecule has 144 valence electrons. The van der Waals surface area contributed by atoms with Crippen molar-refractivity contribution in [3.63, 3.8) is 0 Å². The highest BCUT2D eigenvalue weighted by molar-refractivity contribution is 5.72. The Labute approximate surface area is 166 Å². The second-order valence-corrected chi connectivity index (χ2v) is 8.84. The van der Waals surface area contributed by atoms with Crippen LogP contribution >= 0.6 is 0 Å². The number of nitrogens with zero attached hydrogens (tertiary/aromatic N) is 2. The second kappa shape index (κ2) is 6.69. The molecule has 2 heterocycles. The van der Waals surface area contributed by atoms with Crippen molar-refractivity contribution in [2.24, 2.45) is 5.73 Å². The SMILES string of the molecule is Cc1cc(CN2[C@@H]3CC[C@H]2[C@@H](N)C3)c(C2CC2)c(-c2ccc(C#N)c(F)c2)c1. The number of fused-ring (bicyclic) bond motifs is 2. The highest BCUT2D eigenvalue weighted by Crippen LogP contribution is 2.48. The largest absolute Gasteiger partial charge is 0.326 e. The monoisotopic (exact) mass is 375 g/mol. The van der Waals surface area contributed by atoms with E-state index in [1.807, 2.05) is 12.1 Å². The first-order valence-electron chi connectivity index (χ1n) is 10.4. The minimum atomic E-state index is -0.437. The maximum atomic E-state index is 14.3. The topological polar surface area (TPSA) is 53.0 Å². The normalized spacial score (nSPS) is 26.6. The second-order valence-electron chi connectivity index (χ2n) is 8.84. The molecule has 2 aromatic rings. The van der Waals surface area contributed by atoms with Gasteiger partial charge in [-0.3, -0.25) is 4.90 Å². The van der Waals surface area contributed by atoms with Crippen molar-refractivity contribution in [3.8, 4) is 17.2 Å². The van der Waals surface area contributed by atoms with Crippen molar-refractivity contribution in [2.75, 3.05) is 0 Å². The van der Waals surface area contributed by atoms with Gasteiger partial charge in [-0.2, -0.15) is 5.26 Å². The van der Waals surface area contributed by atoms with Crippen LogP contribution in [0.5, 0.6) is 0 Å². The lowest BCUT2D eigenvalue weighted by molar-refractivity contribution is 0.238. The smallest absolute Gasteiger partial charge is 0.141 e. The first-order valence-corrected chi connectivity index (χ1v) is 10.4. The number of nitrogens with two attached hydrogens (primary N) is 1. The molecule has 5 rings (SSSR count). The number of aryl methyl sites for hydroxylation is 1. The molecule has 0 spiro atoms. The summed E-state index contributed by atoms with van der Waals surface area (Å²) in [5.74, 6) is 0.131. The Morgan fingerprint density at radius 2 is 2.00 bits per heavy atom. The zero-order valence-electron chi connectivity index (χ0n) is 16.3. The van der Waals surface area contributed by atoms with Gasteiger partial charge in [0.15, 0.2) is 0 Å². The Morgan fingerprint density at radius 1 is 1.18 bits per heavy atom. The van der Waals surface area contributed by atoms with E-state index in [1.54, 1.807) is 6.07 Å². The van der Waals surface area contributed by atoms with Crippen molar-refractivity contribution >= 4 is 0 Å². The molecule has 2 aromatic carbocycles. The minimum Gasteiger partial charge on any atom is -0.326 e. The van der Waals surface area contributed by atoms with E-state index in [4.69, 9.17) is 11.0 Å². The van der Waals surface area contributed by atoms with E-state index in [9.17, 15) is 4.39 Å². The molecule has 2 N–H and O–H groups in total. The lowest BCUT2D eigenvalue weighted by Gasteiger charge is -2.26. The number of hydrogen-bond acceptors (Lipinski definition) is 3. The summed E-state index contributed by atoms with van der Waals surface area (Å²) in [6.07, 6.45) is 5.99. The van der Waals surface area contributed by atoms with Crippen LogP contribution in [0.15, 0.2) is 30.3 Å². The summed E-state index contributed by atoms with van der Waals surface area (Å²) in [6, 6.07) is 12.9. The van der Waals surface area contributed by atoms with Crippen molar-refractivity contribution < 1.29 is 4.39 Å². The van der Waals surface area contributed by atoms with Gasteiger partial charge in [0.05, 0.1) is 5.56 Å². The highest BCUT2D eigenvalue weighted by atomic mass is 19.1. The predicted octanol–water partition coefficient (Wildman–Crippen LogP) is 4.61. The Bertz CT molecular complexity index is 973. The number of halogens is 1. The van der Waals surface area contributed by atoms with Gasteiger partial charge in [-0.15, -0.1) is 0 Å². The molecular formula is C24H26FN3. The zero-order valence-corrected chi connectivity index (χ0v) is 16.3. The van der Waals surface area contributed by atoms with Gasteiger partial charge in [-0.25, -0.2) is 4.39 Å². The fourth-order valence-electron chi connectivity index (χ4n) is 5.46. The fourth-order valence-corrected chi connectivity index (χ4v) is 5.46. The number of hydrogen-bond donors (Lipinski definition) is 1. The molecule has 2 bridgehead atoms. The zero-order chi connectivity index (χ0) is 19.4. The van der Waals surface area contributed by atoms with E-state index in [0.29, 0.717) is 24.0 Å². The van der Waals surface area contributed by atoms with Crippen molar-refractivity contribution in [1.82, 2.24) is 4.90 Å². The van der Waals surface area contributed by atoms with Crippen LogP contribution in [0.3, 0.4) is 0 Å². The van der Waals surface area contributed by atoms with Gasteiger partial charge in [-0.1, -0.05) is 23.8 Å². The van der Waals surface area contributed by atoms with E-state index >= 15 is 0 Å². The number of benzene rings is 2. The molecule has 0 radical (unpaired) electrons. The fraction of sp³-hybridized carbons (Fsp3) is 0.458. The Kier molecular flexibility index (Phi) is 4.26. The van der Waals surface area contributed by atoms with Crippen LogP contribution in [-0.2, 0) is 6.54 Å². The molecule has 0 unspecified atom stereocenters. The average molecular weight is 375 g/mol. The van der Waals surface area contributed by atoms with E-state index in [0.717, 1.165) is 24.1 Å². The minimum absolute atomic E-state index is 0.104. The molecule has 3 atom stereocenters. The molecule has 28 heavy (non-hydrogen) atoms. The molecule has 0 amide bonds. The summed E-state index contributed by atoms with van der Waals surface area (Å²) in [5, 5.41) is 9.05. The lowest BCUT2D eigenvalue weighted by Crippen LogP contribution is -2.36. The van der Waals surface area contributed by atoms with Crippen LogP contribution in [0.2, 0.25) is 0 Å². The third-order valence-electron chi connectivity index (χ3n) is 6.88. The first kappa shape index (κ1) is 17.8. The van der Waals surface area contributed by atoms with Gasteiger partial charge in [0, 0.05) is 24.7 Å². The molecule has 1 saturated carbocycles. The van der Waals surface area contributed by atoms with Crippen LogP contribution in [0, 0.1) is 24.1 Å². The Balaban J connectivity index is 1.57. The molecule has 2 aliphatic heterocycles. The quantitative estimate of drug-likeness (QED) is 0.849. The lowest BCUT2D eigenvalue weighted by atomic mass is 9.89. The standard InChI is InChI=1S/C24H26FN3/c1-14-8-18(13-28-19-6-7-23(28)22(27)11-19)24(15-2-3-15)20(9-14)16-4-5-17(12-26)21(25)10-16/h4-5,8-10,15,19,22-23H,2-3,6-7,11,13,27H2,1H3/t19-,22+,23+/m1/s1. The summed E-state index contributed by atoms with van der Waals surface area (Å²) in [5.41, 5.74) is 12.4. The summed E-state index contributed by atoms with van der Waals surface area (Å²) in [4.78, 5) is 2.62. The average Bonchev–Trinajstić information content (AvgIpc) is 3.38. The first-order chi connectivity index (χ1) is 13.5. The summed E-state index contributed by atoms with van der Waals surface area (Å²) in [6.45, 7) is 3.07. The van der Waals surface area contributed by atoms with Gasteiger partial charge in [0.2, 0.25) is 0 Å². The van der Waals surface area contributed by atoms with Crippen LogP contribution in [0.4, 0.5) is 4.39 Å². The molecule has 3 aliphatic rings. The van der Waals surface area contributed by atoms with Gasteiger partial charge in [0.25, 0.3) is 0 Å². The Morgan fingerprint density at radius 3 is 2.61 bits per heavy atom. The van der Waals surface area contributed by atoms with Gasteiger partial charge in [-0.05, 0) is 79.3 Å². The van der Waals surface area contributed by atoms with Gasteiger partial charge >= 0.3 is 0 Å². The third kappa shape index (κ3) is 2.94. The summed E-state index contributed by atoms with van der Waals surface area (Å²) in [7, 11) is 0.